The number of pyridine rings is 1. The number of hydrogen-bond acceptors (Lipinski definition) is 3. The third kappa shape index (κ3) is 4.87. The zero-order valence-electron chi connectivity index (χ0n) is 12.3. The SMILES string of the molecule is O=C(NC1CCCCCCC1)c1ncccc1C#CCO. The second-order valence-corrected chi connectivity index (χ2v) is 5.37. The van der Waals surface area contributed by atoms with Crippen molar-refractivity contribution in [1.29, 1.82) is 0 Å². The number of nitrogens with one attached hydrogen (secondary N) is 1. The first-order valence-corrected chi connectivity index (χ1v) is 7.67. The van der Waals surface area contributed by atoms with Crippen molar-refractivity contribution in [2.45, 2.75) is 51.0 Å². The van der Waals surface area contributed by atoms with Gasteiger partial charge in [-0.15, -0.1) is 0 Å². The molecule has 4 nitrogen and oxygen atoms in total. The van der Waals surface area contributed by atoms with E-state index in [4.69, 9.17) is 5.11 Å². The summed E-state index contributed by atoms with van der Waals surface area (Å²) in [5.41, 5.74) is 0.912. The lowest BCUT2D eigenvalue weighted by Crippen LogP contribution is -2.36. The molecule has 2 N–H and O–H groups in total. The standard InChI is InChI=1S/C17H22N2O2/c20-13-7-9-14-8-6-12-18-16(14)17(21)19-15-10-4-2-1-3-5-11-15/h6,8,12,15,20H,1-5,10-11,13H2,(H,19,21). The first-order valence-electron chi connectivity index (χ1n) is 7.67. The van der Waals surface area contributed by atoms with Crippen molar-refractivity contribution in [1.82, 2.24) is 10.3 Å². The van der Waals surface area contributed by atoms with Crippen LogP contribution in [0.5, 0.6) is 0 Å². The van der Waals surface area contributed by atoms with Gasteiger partial charge in [0.25, 0.3) is 5.91 Å². The van der Waals surface area contributed by atoms with Crippen molar-refractivity contribution in [2.24, 2.45) is 0 Å². The summed E-state index contributed by atoms with van der Waals surface area (Å²) in [6.45, 7) is -0.224. The second-order valence-electron chi connectivity index (χ2n) is 5.37. The molecule has 1 heterocycles. The van der Waals surface area contributed by atoms with Gasteiger partial charge in [-0.3, -0.25) is 4.79 Å². The van der Waals surface area contributed by atoms with Gasteiger partial charge in [0, 0.05) is 12.2 Å². The predicted octanol–water partition coefficient (Wildman–Crippen LogP) is 2.27. The zero-order chi connectivity index (χ0) is 14.9. The maximum atomic E-state index is 12.4. The Kier molecular flexibility index (Phi) is 6.23. The highest BCUT2D eigenvalue weighted by atomic mass is 16.2. The van der Waals surface area contributed by atoms with E-state index in [1.54, 1.807) is 18.3 Å². The molecular weight excluding hydrogens is 264 g/mol. The number of amides is 1. The highest BCUT2D eigenvalue weighted by Crippen LogP contribution is 2.17. The lowest BCUT2D eigenvalue weighted by atomic mass is 9.96. The Bertz CT molecular complexity index is 523. The molecule has 0 unspecified atom stereocenters. The molecule has 1 amide bonds. The summed E-state index contributed by atoms with van der Waals surface area (Å²) in [6.07, 6.45) is 9.83. The number of aliphatic hydroxyl groups is 1. The van der Waals surface area contributed by atoms with Crippen LogP contribution in [0, 0.1) is 11.8 Å². The Balaban J connectivity index is 2.05. The van der Waals surface area contributed by atoms with Gasteiger partial charge in [0.15, 0.2) is 0 Å². The van der Waals surface area contributed by atoms with Crippen LogP contribution in [0.1, 0.15) is 61.0 Å². The summed E-state index contributed by atoms with van der Waals surface area (Å²) in [6, 6.07) is 3.73. The fraction of sp³-hybridized carbons (Fsp3) is 0.529. The van der Waals surface area contributed by atoms with Crippen LogP contribution in [-0.2, 0) is 0 Å². The van der Waals surface area contributed by atoms with Crippen LogP contribution in [0.2, 0.25) is 0 Å². The highest BCUT2D eigenvalue weighted by molar-refractivity contribution is 5.94. The molecule has 4 heteroatoms. The van der Waals surface area contributed by atoms with Crippen LogP contribution >= 0.6 is 0 Å². The van der Waals surface area contributed by atoms with Gasteiger partial charge in [0.05, 0.1) is 5.56 Å². The molecule has 1 saturated carbocycles. The van der Waals surface area contributed by atoms with Crippen molar-refractivity contribution in [3.05, 3.63) is 29.6 Å². The van der Waals surface area contributed by atoms with Crippen LogP contribution in [0.15, 0.2) is 18.3 Å². The quantitative estimate of drug-likeness (QED) is 0.820. The largest absolute Gasteiger partial charge is 0.384 e. The number of nitrogens with zero attached hydrogens (tertiary/aromatic N) is 1. The van der Waals surface area contributed by atoms with E-state index in [0.29, 0.717) is 11.3 Å². The topological polar surface area (TPSA) is 62.2 Å². The molecule has 1 aromatic rings. The average Bonchev–Trinajstić information content (AvgIpc) is 2.48. The van der Waals surface area contributed by atoms with Gasteiger partial charge < -0.3 is 10.4 Å². The molecule has 0 aromatic carbocycles. The molecule has 1 aliphatic rings. The summed E-state index contributed by atoms with van der Waals surface area (Å²) in [4.78, 5) is 16.5. The molecule has 1 aromatic heterocycles. The lowest BCUT2D eigenvalue weighted by Gasteiger charge is -2.21. The van der Waals surface area contributed by atoms with Gasteiger partial charge >= 0.3 is 0 Å². The van der Waals surface area contributed by atoms with Crippen molar-refractivity contribution in [2.75, 3.05) is 6.61 Å². The van der Waals surface area contributed by atoms with Crippen LogP contribution < -0.4 is 5.32 Å². The molecule has 2 rings (SSSR count). The molecule has 0 aliphatic heterocycles. The molecule has 0 spiro atoms. The number of aromatic nitrogens is 1. The summed E-state index contributed by atoms with van der Waals surface area (Å²) in [5.74, 6) is 5.18. The van der Waals surface area contributed by atoms with Crippen molar-refractivity contribution < 1.29 is 9.90 Å². The van der Waals surface area contributed by atoms with E-state index < -0.39 is 0 Å². The van der Waals surface area contributed by atoms with Gasteiger partial charge in [-0.1, -0.05) is 43.9 Å². The minimum Gasteiger partial charge on any atom is -0.384 e. The van der Waals surface area contributed by atoms with E-state index in [2.05, 4.69) is 22.1 Å². The molecule has 21 heavy (non-hydrogen) atoms. The highest BCUT2D eigenvalue weighted by Gasteiger charge is 2.17. The van der Waals surface area contributed by atoms with Gasteiger partial charge in [0.1, 0.15) is 12.3 Å². The minimum atomic E-state index is -0.224. The molecule has 112 valence electrons. The van der Waals surface area contributed by atoms with E-state index in [-0.39, 0.29) is 18.6 Å². The van der Waals surface area contributed by atoms with Crippen LogP contribution in [0.25, 0.3) is 0 Å². The average molecular weight is 286 g/mol. The van der Waals surface area contributed by atoms with E-state index >= 15 is 0 Å². The van der Waals surface area contributed by atoms with Crippen LogP contribution in [-0.4, -0.2) is 28.6 Å². The van der Waals surface area contributed by atoms with E-state index in [0.717, 1.165) is 12.8 Å². The molecular formula is C17H22N2O2. The Labute approximate surface area is 126 Å². The fourth-order valence-electron chi connectivity index (χ4n) is 2.68. The zero-order valence-corrected chi connectivity index (χ0v) is 12.3. The third-order valence-corrected chi connectivity index (χ3v) is 3.77. The molecule has 0 saturated heterocycles. The first-order chi connectivity index (χ1) is 10.3. The molecule has 0 atom stereocenters. The van der Waals surface area contributed by atoms with Gasteiger partial charge in [-0.2, -0.15) is 0 Å². The number of rotatable bonds is 2. The Morgan fingerprint density at radius 3 is 2.71 bits per heavy atom. The Morgan fingerprint density at radius 2 is 2.00 bits per heavy atom. The molecule has 1 fully saturated rings. The van der Waals surface area contributed by atoms with E-state index in [1.807, 2.05) is 0 Å². The van der Waals surface area contributed by atoms with Crippen molar-refractivity contribution >= 4 is 5.91 Å². The maximum absolute atomic E-state index is 12.4. The van der Waals surface area contributed by atoms with E-state index in [1.165, 1.54) is 32.1 Å². The van der Waals surface area contributed by atoms with Crippen molar-refractivity contribution in [3.8, 4) is 11.8 Å². The van der Waals surface area contributed by atoms with Crippen LogP contribution in [0.4, 0.5) is 0 Å². The van der Waals surface area contributed by atoms with Crippen molar-refractivity contribution in [3.63, 3.8) is 0 Å². The Hall–Kier alpha value is -1.86. The summed E-state index contributed by atoms with van der Waals surface area (Å²) in [7, 11) is 0. The fourth-order valence-corrected chi connectivity index (χ4v) is 2.68. The number of aliphatic hydroxyl groups excluding tert-OH is 1. The normalized spacial score (nSPS) is 16.2. The number of carbonyl (C=O) groups excluding carboxylic acids is 1. The van der Waals surface area contributed by atoms with Gasteiger partial charge in [-0.05, 0) is 25.0 Å². The number of carbonyl (C=O) groups is 1. The molecule has 0 radical (unpaired) electrons. The summed E-state index contributed by atoms with van der Waals surface area (Å²) in [5, 5.41) is 11.9. The van der Waals surface area contributed by atoms with Gasteiger partial charge in [0.2, 0.25) is 0 Å². The predicted molar refractivity (Wildman–Crippen MR) is 81.8 cm³/mol. The molecule has 0 bridgehead atoms. The maximum Gasteiger partial charge on any atom is 0.271 e. The first kappa shape index (κ1) is 15.5. The Morgan fingerprint density at radius 1 is 1.29 bits per heavy atom. The summed E-state index contributed by atoms with van der Waals surface area (Å²) < 4.78 is 0. The third-order valence-electron chi connectivity index (χ3n) is 3.77. The molecule has 1 aliphatic carbocycles. The lowest BCUT2D eigenvalue weighted by molar-refractivity contribution is 0.0925. The van der Waals surface area contributed by atoms with Crippen LogP contribution in [0.3, 0.4) is 0 Å². The van der Waals surface area contributed by atoms with Gasteiger partial charge in [-0.25, -0.2) is 4.98 Å². The summed E-state index contributed by atoms with van der Waals surface area (Å²) >= 11 is 0. The monoisotopic (exact) mass is 286 g/mol. The smallest absolute Gasteiger partial charge is 0.271 e. The second kappa shape index (κ2) is 8.43. The van der Waals surface area contributed by atoms with E-state index in [9.17, 15) is 4.79 Å². The number of hydrogen-bond donors (Lipinski definition) is 2. The minimum absolute atomic E-state index is 0.164.